The Morgan fingerprint density at radius 3 is 2.81 bits per heavy atom. The molecule has 0 aliphatic carbocycles. The predicted molar refractivity (Wildman–Crippen MR) is 93.5 cm³/mol. The van der Waals surface area contributed by atoms with Crippen LogP contribution >= 0.6 is 0 Å². The van der Waals surface area contributed by atoms with Crippen molar-refractivity contribution in [2.24, 2.45) is 0 Å². The number of nitrogens with zero attached hydrogens (tertiary/aromatic N) is 4. The molecule has 1 aliphatic heterocycles. The summed E-state index contributed by atoms with van der Waals surface area (Å²) in [4.78, 5) is 29.8. The maximum absolute atomic E-state index is 12.5. The van der Waals surface area contributed by atoms with Crippen LogP contribution in [0.5, 0.6) is 11.5 Å². The summed E-state index contributed by atoms with van der Waals surface area (Å²) in [7, 11) is 0. The monoisotopic (exact) mass is 351 g/mol. The summed E-state index contributed by atoms with van der Waals surface area (Å²) in [5.74, 6) is 0.693. The van der Waals surface area contributed by atoms with Crippen molar-refractivity contribution in [2.75, 3.05) is 6.54 Å². The molecule has 3 heterocycles. The van der Waals surface area contributed by atoms with Gasteiger partial charge in [-0.05, 0) is 18.2 Å². The summed E-state index contributed by atoms with van der Waals surface area (Å²) in [6.45, 7) is 1.56. The molecule has 2 aromatic heterocycles. The van der Waals surface area contributed by atoms with E-state index in [1.54, 1.807) is 12.4 Å². The van der Waals surface area contributed by atoms with E-state index >= 15 is 0 Å². The van der Waals surface area contributed by atoms with E-state index in [1.165, 1.54) is 24.5 Å². The van der Waals surface area contributed by atoms with Crippen LogP contribution in [0.1, 0.15) is 16.8 Å². The summed E-state index contributed by atoms with van der Waals surface area (Å²) in [6.07, 6.45) is 5.27. The van der Waals surface area contributed by atoms with Crippen molar-refractivity contribution in [1.29, 1.82) is 0 Å². The Bertz CT molecular complexity index is 1000. The number of nitrogens with one attached hydrogen (secondary N) is 1. The molecule has 1 aliphatic rings. The molecule has 132 valence electrons. The number of rotatable bonds is 3. The minimum absolute atomic E-state index is 0.101. The number of hydrogen-bond acceptors (Lipinski definition) is 7. The van der Waals surface area contributed by atoms with Crippen molar-refractivity contribution in [2.45, 2.75) is 19.5 Å². The molecule has 0 spiro atoms. The number of phenols is 2. The van der Waals surface area contributed by atoms with Gasteiger partial charge < -0.3 is 15.2 Å². The number of aromatic amines is 1. The van der Waals surface area contributed by atoms with Crippen molar-refractivity contribution in [3.8, 4) is 22.9 Å². The zero-order chi connectivity index (χ0) is 18.1. The first-order valence-electron chi connectivity index (χ1n) is 8.21. The Balaban J connectivity index is 1.59. The molecule has 3 aromatic rings. The van der Waals surface area contributed by atoms with Crippen molar-refractivity contribution >= 4 is 0 Å². The molecule has 0 atom stereocenters. The topological polar surface area (TPSA) is 115 Å². The van der Waals surface area contributed by atoms with Gasteiger partial charge in [0.2, 0.25) is 0 Å². The molecule has 8 nitrogen and oxygen atoms in total. The van der Waals surface area contributed by atoms with Gasteiger partial charge in [-0.2, -0.15) is 0 Å². The van der Waals surface area contributed by atoms with E-state index in [4.69, 9.17) is 0 Å². The lowest BCUT2D eigenvalue weighted by Crippen LogP contribution is -2.35. The zero-order valence-corrected chi connectivity index (χ0v) is 13.9. The van der Waals surface area contributed by atoms with Gasteiger partial charge >= 0.3 is 0 Å². The van der Waals surface area contributed by atoms with Crippen molar-refractivity contribution in [3.05, 3.63) is 64.1 Å². The molecule has 4 rings (SSSR count). The fourth-order valence-corrected chi connectivity index (χ4v) is 3.11. The SMILES string of the molecule is O=c1[nH]c(-c2cncnc2)nc2c1CN(Cc1cc(O)ccc1O)CC2. The van der Waals surface area contributed by atoms with Gasteiger partial charge in [0.15, 0.2) is 0 Å². The van der Waals surface area contributed by atoms with Crippen molar-refractivity contribution in [3.63, 3.8) is 0 Å². The van der Waals surface area contributed by atoms with Gasteiger partial charge in [-0.3, -0.25) is 9.69 Å². The number of aromatic nitrogens is 4. The van der Waals surface area contributed by atoms with Gasteiger partial charge in [-0.25, -0.2) is 15.0 Å². The lowest BCUT2D eigenvalue weighted by molar-refractivity contribution is 0.238. The van der Waals surface area contributed by atoms with Gasteiger partial charge in [0, 0.05) is 44.0 Å². The fourth-order valence-electron chi connectivity index (χ4n) is 3.11. The summed E-state index contributed by atoms with van der Waals surface area (Å²) >= 11 is 0. The van der Waals surface area contributed by atoms with Crippen LogP contribution in [0.4, 0.5) is 0 Å². The van der Waals surface area contributed by atoms with E-state index in [0.717, 1.165) is 5.69 Å². The van der Waals surface area contributed by atoms with Crippen LogP contribution in [0.25, 0.3) is 11.4 Å². The second kappa shape index (κ2) is 6.57. The van der Waals surface area contributed by atoms with E-state index < -0.39 is 0 Å². The van der Waals surface area contributed by atoms with Crippen LogP contribution in [0.15, 0.2) is 41.7 Å². The quantitative estimate of drug-likeness (QED) is 0.607. The van der Waals surface area contributed by atoms with Crippen molar-refractivity contribution < 1.29 is 10.2 Å². The number of fused-ring (bicyclic) bond motifs is 1. The highest BCUT2D eigenvalue weighted by molar-refractivity contribution is 5.52. The molecule has 0 bridgehead atoms. The minimum Gasteiger partial charge on any atom is -0.508 e. The molecule has 8 heteroatoms. The number of benzene rings is 1. The molecule has 0 unspecified atom stereocenters. The molecule has 0 fully saturated rings. The summed E-state index contributed by atoms with van der Waals surface area (Å²) in [5.41, 5.74) is 2.49. The average molecular weight is 351 g/mol. The van der Waals surface area contributed by atoms with E-state index in [9.17, 15) is 15.0 Å². The van der Waals surface area contributed by atoms with Gasteiger partial charge in [-0.1, -0.05) is 0 Å². The average Bonchev–Trinajstić information content (AvgIpc) is 2.66. The van der Waals surface area contributed by atoms with Crippen LogP contribution in [-0.2, 0) is 19.5 Å². The van der Waals surface area contributed by atoms with Crippen molar-refractivity contribution in [1.82, 2.24) is 24.8 Å². The predicted octanol–water partition coefficient (Wildman–Crippen LogP) is 1.20. The van der Waals surface area contributed by atoms with Gasteiger partial charge in [0.1, 0.15) is 23.7 Å². The maximum atomic E-state index is 12.5. The van der Waals surface area contributed by atoms with E-state index in [0.29, 0.717) is 48.6 Å². The normalized spacial score (nSPS) is 14.2. The summed E-state index contributed by atoms with van der Waals surface area (Å²) in [6, 6.07) is 4.44. The summed E-state index contributed by atoms with van der Waals surface area (Å²) in [5, 5.41) is 19.6. The highest BCUT2D eigenvalue weighted by Crippen LogP contribution is 2.25. The minimum atomic E-state index is -0.182. The molecule has 0 radical (unpaired) electrons. The molecule has 0 saturated heterocycles. The molecule has 0 saturated carbocycles. The zero-order valence-electron chi connectivity index (χ0n) is 13.9. The smallest absolute Gasteiger partial charge is 0.255 e. The number of hydrogen-bond donors (Lipinski definition) is 3. The Morgan fingerprint density at radius 1 is 1.19 bits per heavy atom. The third-order valence-corrected chi connectivity index (χ3v) is 4.44. The Labute approximate surface area is 148 Å². The van der Waals surface area contributed by atoms with Crippen LogP contribution in [0.2, 0.25) is 0 Å². The fraction of sp³-hybridized carbons (Fsp3) is 0.222. The van der Waals surface area contributed by atoms with Crippen LogP contribution in [0.3, 0.4) is 0 Å². The van der Waals surface area contributed by atoms with Crippen LogP contribution in [-0.4, -0.2) is 41.6 Å². The first-order valence-corrected chi connectivity index (χ1v) is 8.21. The highest BCUT2D eigenvalue weighted by Gasteiger charge is 2.22. The van der Waals surface area contributed by atoms with Crippen LogP contribution < -0.4 is 5.56 Å². The number of phenolic OH excluding ortho intramolecular Hbond substituents is 2. The van der Waals surface area contributed by atoms with Gasteiger partial charge in [0.05, 0.1) is 16.8 Å². The Morgan fingerprint density at radius 2 is 2.00 bits per heavy atom. The molecule has 1 aromatic carbocycles. The van der Waals surface area contributed by atoms with Gasteiger partial charge in [0.25, 0.3) is 5.56 Å². The molecular weight excluding hydrogens is 334 g/mol. The van der Waals surface area contributed by atoms with E-state index in [1.807, 2.05) is 4.90 Å². The molecular formula is C18H17N5O3. The lowest BCUT2D eigenvalue weighted by atomic mass is 10.1. The second-order valence-corrected chi connectivity index (χ2v) is 6.24. The standard InChI is InChI=1S/C18H17N5O3/c24-13-1-2-16(25)11(5-13)8-23-4-3-15-14(9-23)18(26)22-17(21-15)12-6-19-10-20-7-12/h1-2,5-7,10,24-25H,3-4,8-9H2,(H,21,22,26). The third kappa shape index (κ3) is 3.14. The van der Waals surface area contributed by atoms with E-state index in [-0.39, 0.29) is 17.1 Å². The lowest BCUT2D eigenvalue weighted by Gasteiger charge is -2.28. The first-order chi connectivity index (χ1) is 12.6. The molecule has 0 amide bonds. The second-order valence-electron chi connectivity index (χ2n) is 6.24. The Hall–Kier alpha value is -3.26. The van der Waals surface area contributed by atoms with E-state index in [2.05, 4.69) is 19.9 Å². The highest BCUT2D eigenvalue weighted by atomic mass is 16.3. The van der Waals surface area contributed by atoms with Gasteiger partial charge in [-0.15, -0.1) is 0 Å². The number of H-pyrrole nitrogens is 1. The first kappa shape index (κ1) is 16.2. The number of aromatic hydroxyl groups is 2. The third-order valence-electron chi connectivity index (χ3n) is 4.44. The van der Waals surface area contributed by atoms with Crippen LogP contribution in [0, 0.1) is 0 Å². The molecule has 3 N–H and O–H groups in total. The maximum Gasteiger partial charge on any atom is 0.255 e. The molecule has 26 heavy (non-hydrogen) atoms. The Kier molecular flexibility index (Phi) is 4.10. The summed E-state index contributed by atoms with van der Waals surface area (Å²) < 4.78 is 0. The largest absolute Gasteiger partial charge is 0.508 e.